The molecule has 2 aliphatic rings. The van der Waals surface area contributed by atoms with Crippen molar-refractivity contribution in [1.82, 2.24) is 14.6 Å². The van der Waals surface area contributed by atoms with Crippen LogP contribution in [0.2, 0.25) is 0 Å². The van der Waals surface area contributed by atoms with Crippen LogP contribution in [0.25, 0.3) is 10.9 Å². The fourth-order valence-electron chi connectivity index (χ4n) is 3.86. The summed E-state index contributed by atoms with van der Waals surface area (Å²) in [5.74, 6) is 5.05. The molecule has 1 amide bonds. The third kappa shape index (κ3) is 3.73. The summed E-state index contributed by atoms with van der Waals surface area (Å²) in [5.41, 5.74) is -1.25. The molecule has 2 aromatic rings. The minimum absolute atomic E-state index is 0.0335. The monoisotopic (exact) mass is 419 g/mol. The van der Waals surface area contributed by atoms with E-state index >= 15 is 0 Å². The van der Waals surface area contributed by atoms with E-state index in [-0.39, 0.29) is 17.5 Å². The summed E-state index contributed by atoms with van der Waals surface area (Å²) in [6.45, 7) is 6.26. The van der Waals surface area contributed by atoms with Gasteiger partial charge in [0, 0.05) is 19.1 Å². The Bertz CT molecular complexity index is 1130. The van der Waals surface area contributed by atoms with E-state index in [9.17, 15) is 18.8 Å². The zero-order valence-electron chi connectivity index (χ0n) is 17.3. The van der Waals surface area contributed by atoms with Crippen molar-refractivity contribution >= 4 is 22.7 Å². The van der Waals surface area contributed by atoms with Crippen molar-refractivity contribution in [2.24, 2.45) is 0 Å². The minimum Gasteiger partial charge on any atom is -0.444 e. The van der Waals surface area contributed by atoms with E-state index in [4.69, 9.17) is 10.6 Å². The van der Waals surface area contributed by atoms with Gasteiger partial charge in [-0.25, -0.2) is 14.0 Å². The highest BCUT2D eigenvalue weighted by Gasteiger charge is 2.31. The average Bonchev–Trinajstić information content (AvgIpc) is 3.37. The summed E-state index contributed by atoms with van der Waals surface area (Å²) in [5, 5.41) is 2.88. The lowest BCUT2D eigenvalue weighted by Crippen LogP contribution is -2.44. The number of nitrogens with zero attached hydrogens (tertiary/aromatic N) is 3. The van der Waals surface area contributed by atoms with E-state index in [1.165, 1.54) is 4.57 Å². The number of benzene rings is 1. The lowest BCUT2D eigenvalue weighted by atomic mass is 10.2. The number of amides is 1. The number of hydrogen-bond donors (Lipinski definition) is 2. The van der Waals surface area contributed by atoms with E-state index in [2.05, 4.69) is 5.32 Å². The zero-order valence-corrected chi connectivity index (χ0v) is 17.3. The molecular weight excluding hydrogens is 393 g/mol. The summed E-state index contributed by atoms with van der Waals surface area (Å²) < 4.78 is 22.2. The number of aromatic nitrogens is 2. The predicted molar refractivity (Wildman–Crippen MR) is 111 cm³/mol. The van der Waals surface area contributed by atoms with Gasteiger partial charge in [0.1, 0.15) is 11.4 Å². The van der Waals surface area contributed by atoms with Gasteiger partial charge < -0.3 is 20.8 Å². The molecule has 0 spiro atoms. The number of carbonyl (C=O) groups is 1. The third-order valence-electron chi connectivity index (χ3n) is 5.35. The first kappa shape index (κ1) is 20.2. The summed E-state index contributed by atoms with van der Waals surface area (Å²) in [4.78, 5) is 38.7. The van der Waals surface area contributed by atoms with E-state index in [0.717, 1.165) is 18.9 Å². The summed E-state index contributed by atoms with van der Waals surface area (Å²) in [6.07, 6.45) is 1.73. The molecule has 0 radical (unpaired) electrons. The SMILES string of the molecule is CC(C)(C)OC(=O)N[C@H]1CCN(c2cc3c(cc2F)c(=O)n(N)c(=O)n3C2CC2)C1. The molecule has 30 heavy (non-hydrogen) atoms. The molecule has 1 saturated heterocycles. The lowest BCUT2D eigenvalue weighted by Gasteiger charge is -2.23. The van der Waals surface area contributed by atoms with E-state index in [1.807, 2.05) is 0 Å². The molecular formula is C20H26FN5O4. The third-order valence-corrected chi connectivity index (χ3v) is 5.35. The number of nitrogen functional groups attached to an aromatic ring is 1. The second kappa shape index (κ2) is 7.03. The van der Waals surface area contributed by atoms with Crippen LogP contribution in [0, 0.1) is 5.82 Å². The van der Waals surface area contributed by atoms with Crippen molar-refractivity contribution in [2.45, 2.75) is 57.7 Å². The number of halogens is 1. The van der Waals surface area contributed by atoms with E-state index < -0.39 is 28.8 Å². The molecule has 4 rings (SSSR count). The van der Waals surface area contributed by atoms with Crippen LogP contribution in [0.5, 0.6) is 0 Å². The van der Waals surface area contributed by atoms with Gasteiger partial charge in [0.15, 0.2) is 0 Å². The second-order valence-corrected chi connectivity index (χ2v) is 8.96. The molecule has 0 bridgehead atoms. The van der Waals surface area contributed by atoms with Crippen LogP contribution in [0.3, 0.4) is 0 Å². The highest BCUT2D eigenvalue weighted by Crippen LogP contribution is 2.36. The molecule has 9 nitrogen and oxygen atoms in total. The number of fused-ring (bicyclic) bond motifs is 1. The Labute approximate surface area is 172 Å². The zero-order chi connectivity index (χ0) is 21.8. The minimum atomic E-state index is -0.719. The summed E-state index contributed by atoms with van der Waals surface area (Å²) in [7, 11) is 0. The molecule has 1 aromatic heterocycles. The van der Waals surface area contributed by atoms with Crippen molar-refractivity contribution in [3.05, 3.63) is 38.8 Å². The Balaban J connectivity index is 1.64. The van der Waals surface area contributed by atoms with Gasteiger partial charge in [-0.1, -0.05) is 0 Å². The quantitative estimate of drug-likeness (QED) is 0.729. The van der Waals surface area contributed by atoms with Crippen LogP contribution in [-0.2, 0) is 4.74 Å². The lowest BCUT2D eigenvalue weighted by molar-refractivity contribution is 0.0509. The van der Waals surface area contributed by atoms with Crippen molar-refractivity contribution in [1.29, 1.82) is 0 Å². The van der Waals surface area contributed by atoms with Crippen LogP contribution in [0.4, 0.5) is 14.9 Å². The van der Waals surface area contributed by atoms with Crippen LogP contribution in [-0.4, -0.2) is 40.1 Å². The Kier molecular flexibility index (Phi) is 4.74. The molecule has 1 aliphatic heterocycles. The van der Waals surface area contributed by atoms with Gasteiger partial charge in [-0.2, -0.15) is 4.68 Å². The van der Waals surface area contributed by atoms with Gasteiger partial charge in [-0.05, 0) is 52.2 Å². The van der Waals surface area contributed by atoms with Crippen LogP contribution in [0.15, 0.2) is 21.7 Å². The number of ether oxygens (including phenoxy) is 1. The average molecular weight is 419 g/mol. The number of hydrogen-bond acceptors (Lipinski definition) is 6. The summed E-state index contributed by atoms with van der Waals surface area (Å²) >= 11 is 0. The Morgan fingerprint density at radius 1 is 1.23 bits per heavy atom. The predicted octanol–water partition coefficient (Wildman–Crippen LogP) is 1.45. The fraction of sp³-hybridized carbons (Fsp3) is 0.550. The van der Waals surface area contributed by atoms with Gasteiger partial charge in [0.25, 0.3) is 5.56 Å². The standard InChI is InChI=1S/C20H26FN5O4/c1-20(2,3)30-18(28)23-11-6-7-24(10-11)16-9-15-13(8-14(16)21)17(27)26(22)19(29)25(15)12-4-5-12/h8-9,11-12H,4-7,10,22H2,1-3H3,(H,23,28)/t11-/m0/s1. The molecule has 3 N–H and O–H groups in total. The normalized spacial score (nSPS) is 19.3. The second-order valence-electron chi connectivity index (χ2n) is 8.96. The van der Waals surface area contributed by atoms with Crippen molar-refractivity contribution in [3.63, 3.8) is 0 Å². The van der Waals surface area contributed by atoms with Crippen LogP contribution in [0.1, 0.15) is 46.1 Å². The number of rotatable bonds is 3. The number of carbonyl (C=O) groups excluding carboxylic acids is 1. The number of nitrogens with two attached hydrogens (primary N) is 1. The number of alkyl carbamates (subject to hydrolysis) is 1. The molecule has 1 aliphatic carbocycles. The number of nitrogens with one attached hydrogen (secondary N) is 1. The molecule has 2 fully saturated rings. The first-order valence-corrected chi connectivity index (χ1v) is 10.1. The Morgan fingerprint density at radius 2 is 1.93 bits per heavy atom. The van der Waals surface area contributed by atoms with Crippen molar-refractivity contribution < 1.29 is 13.9 Å². The first-order chi connectivity index (χ1) is 14.0. The Hall–Kier alpha value is -3.04. The molecule has 162 valence electrons. The van der Waals surface area contributed by atoms with Crippen molar-refractivity contribution in [3.8, 4) is 0 Å². The van der Waals surface area contributed by atoms with E-state index in [0.29, 0.717) is 35.4 Å². The fourth-order valence-corrected chi connectivity index (χ4v) is 3.86. The number of anilines is 1. The van der Waals surface area contributed by atoms with Gasteiger partial charge in [0.2, 0.25) is 0 Å². The van der Waals surface area contributed by atoms with Crippen LogP contribution < -0.4 is 27.3 Å². The highest BCUT2D eigenvalue weighted by atomic mass is 19.1. The van der Waals surface area contributed by atoms with Gasteiger partial charge in [-0.3, -0.25) is 9.36 Å². The highest BCUT2D eigenvalue weighted by molar-refractivity contribution is 5.83. The maximum Gasteiger partial charge on any atom is 0.407 e. The molecule has 1 saturated carbocycles. The van der Waals surface area contributed by atoms with Gasteiger partial charge >= 0.3 is 11.8 Å². The summed E-state index contributed by atoms with van der Waals surface area (Å²) in [6, 6.07) is 2.46. The molecule has 1 atom stereocenters. The maximum absolute atomic E-state index is 14.9. The van der Waals surface area contributed by atoms with E-state index in [1.54, 1.807) is 31.7 Å². The largest absolute Gasteiger partial charge is 0.444 e. The smallest absolute Gasteiger partial charge is 0.407 e. The molecule has 10 heteroatoms. The topological polar surface area (TPSA) is 112 Å². The van der Waals surface area contributed by atoms with Gasteiger partial charge in [0.05, 0.1) is 22.6 Å². The van der Waals surface area contributed by atoms with Crippen LogP contribution >= 0.6 is 0 Å². The van der Waals surface area contributed by atoms with Crippen molar-refractivity contribution in [2.75, 3.05) is 23.8 Å². The first-order valence-electron chi connectivity index (χ1n) is 10.1. The molecule has 0 unspecified atom stereocenters. The Morgan fingerprint density at radius 3 is 2.57 bits per heavy atom. The molecule has 1 aromatic carbocycles. The van der Waals surface area contributed by atoms with Gasteiger partial charge in [-0.15, -0.1) is 0 Å². The maximum atomic E-state index is 14.9. The molecule has 2 heterocycles.